The summed E-state index contributed by atoms with van der Waals surface area (Å²) in [5.41, 5.74) is 2.13. The van der Waals surface area contributed by atoms with E-state index in [9.17, 15) is 4.79 Å². The van der Waals surface area contributed by atoms with Crippen LogP contribution in [0.4, 0.5) is 0 Å². The van der Waals surface area contributed by atoms with Crippen LogP contribution in [-0.4, -0.2) is 49.1 Å². The summed E-state index contributed by atoms with van der Waals surface area (Å²) in [5, 5.41) is 12.7. The maximum absolute atomic E-state index is 13.5. The van der Waals surface area contributed by atoms with Crippen molar-refractivity contribution in [3.63, 3.8) is 0 Å². The van der Waals surface area contributed by atoms with Gasteiger partial charge in [-0.25, -0.2) is 9.67 Å². The first-order valence-electron chi connectivity index (χ1n) is 10.2. The Kier molecular flexibility index (Phi) is 5.23. The monoisotopic (exact) mass is 418 g/mol. The van der Waals surface area contributed by atoms with Gasteiger partial charge in [-0.15, -0.1) is 16.4 Å². The summed E-state index contributed by atoms with van der Waals surface area (Å²) in [7, 11) is 0. The van der Waals surface area contributed by atoms with Gasteiger partial charge in [0.25, 0.3) is 0 Å². The second-order valence-electron chi connectivity index (χ2n) is 7.64. The molecule has 8 heteroatoms. The second kappa shape index (κ2) is 8.31. The van der Waals surface area contributed by atoms with Gasteiger partial charge in [-0.3, -0.25) is 4.79 Å². The summed E-state index contributed by atoms with van der Waals surface area (Å²) < 4.78 is 2.78. The predicted molar refractivity (Wildman–Crippen MR) is 115 cm³/mol. The molecule has 2 unspecified atom stereocenters. The van der Waals surface area contributed by atoms with Crippen LogP contribution in [0, 0.1) is 0 Å². The lowest BCUT2D eigenvalue weighted by molar-refractivity contribution is -0.136. The van der Waals surface area contributed by atoms with E-state index in [1.54, 1.807) is 16.0 Å². The fourth-order valence-corrected chi connectivity index (χ4v) is 5.19. The van der Waals surface area contributed by atoms with Crippen LogP contribution in [0.25, 0.3) is 10.2 Å². The number of carbonyl (C=O) groups is 1. The molecule has 0 bridgehead atoms. The summed E-state index contributed by atoms with van der Waals surface area (Å²) >= 11 is 1.74. The van der Waals surface area contributed by atoms with Crippen molar-refractivity contribution < 1.29 is 4.79 Å². The highest BCUT2D eigenvalue weighted by Gasteiger charge is 2.32. The van der Waals surface area contributed by atoms with Crippen LogP contribution in [-0.2, 0) is 11.2 Å². The van der Waals surface area contributed by atoms with Gasteiger partial charge in [0, 0.05) is 25.4 Å². The number of tetrazole rings is 1. The van der Waals surface area contributed by atoms with Crippen LogP contribution < -0.4 is 0 Å². The average Bonchev–Trinajstić information content (AvgIpc) is 3.48. The molecule has 30 heavy (non-hydrogen) atoms. The number of hydrogen-bond acceptors (Lipinski definition) is 6. The zero-order valence-corrected chi connectivity index (χ0v) is 17.3. The van der Waals surface area contributed by atoms with Gasteiger partial charge in [0.1, 0.15) is 12.4 Å². The van der Waals surface area contributed by atoms with Gasteiger partial charge in [-0.05, 0) is 41.0 Å². The number of piperidine rings is 1. The van der Waals surface area contributed by atoms with E-state index in [1.165, 1.54) is 11.0 Å². The summed E-state index contributed by atoms with van der Waals surface area (Å²) in [4.78, 5) is 20.3. The smallest absolute Gasteiger partial charge is 0.247 e. The zero-order chi connectivity index (χ0) is 20.3. The largest absolute Gasteiger partial charge is 0.340 e. The maximum atomic E-state index is 13.5. The van der Waals surface area contributed by atoms with Crippen molar-refractivity contribution in [1.82, 2.24) is 30.1 Å². The first kappa shape index (κ1) is 18.9. The molecule has 7 nitrogen and oxygen atoms in total. The number of para-hydroxylation sites is 1. The Morgan fingerprint density at radius 1 is 1.13 bits per heavy atom. The third-order valence-electron chi connectivity index (χ3n) is 5.63. The molecule has 1 aliphatic heterocycles. The molecule has 2 aromatic heterocycles. The highest BCUT2D eigenvalue weighted by molar-refractivity contribution is 7.18. The highest BCUT2D eigenvalue weighted by atomic mass is 32.1. The number of nitrogens with zero attached hydrogens (tertiary/aromatic N) is 6. The first-order chi connectivity index (χ1) is 14.8. The van der Waals surface area contributed by atoms with Crippen molar-refractivity contribution in [1.29, 1.82) is 0 Å². The molecule has 1 amide bonds. The molecule has 152 valence electrons. The molecule has 3 heterocycles. The topological polar surface area (TPSA) is 76.8 Å². The Morgan fingerprint density at radius 3 is 2.77 bits per heavy atom. The van der Waals surface area contributed by atoms with Crippen molar-refractivity contribution >= 4 is 27.5 Å². The lowest BCUT2D eigenvalue weighted by Crippen LogP contribution is -2.43. The maximum Gasteiger partial charge on any atom is 0.247 e. The van der Waals surface area contributed by atoms with E-state index in [1.807, 2.05) is 47.4 Å². The predicted octanol–water partition coefficient (Wildman–Crippen LogP) is 3.47. The van der Waals surface area contributed by atoms with Crippen LogP contribution in [0.3, 0.4) is 0 Å². The number of fused-ring (bicyclic) bond motifs is 1. The highest BCUT2D eigenvalue weighted by Crippen LogP contribution is 2.33. The number of rotatable bonds is 5. The molecule has 0 aliphatic carbocycles. The summed E-state index contributed by atoms with van der Waals surface area (Å²) in [5.74, 6) is 0.336. The molecule has 1 saturated heterocycles. The van der Waals surface area contributed by atoms with Crippen LogP contribution in [0.1, 0.15) is 35.4 Å². The van der Waals surface area contributed by atoms with E-state index >= 15 is 0 Å². The van der Waals surface area contributed by atoms with Crippen LogP contribution >= 0.6 is 11.3 Å². The number of hydrogen-bond donors (Lipinski definition) is 0. The third kappa shape index (κ3) is 3.82. The standard InChI is InChI=1S/C22H22N6OS/c29-22(19(28-15-23-25-26-28)13-16-7-2-1-3-8-16)27-12-6-9-17(14-27)21-24-18-10-4-5-11-20(18)30-21/h1-5,7-8,10-11,15,17,19H,6,9,12-14H2. The van der Waals surface area contributed by atoms with Crippen molar-refractivity contribution in [3.05, 3.63) is 71.5 Å². The summed E-state index contributed by atoms with van der Waals surface area (Å²) in [6, 6.07) is 17.8. The molecule has 5 rings (SSSR count). The Hall–Kier alpha value is -3.13. The van der Waals surface area contributed by atoms with E-state index in [-0.39, 0.29) is 11.8 Å². The van der Waals surface area contributed by atoms with Gasteiger partial charge in [0.05, 0.1) is 15.2 Å². The molecular formula is C22H22N6OS. The minimum Gasteiger partial charge on any atom is -0.340 e. The van der Waals surface area contributed by atoms with Gasteiger partial charge < -0.3 is 4.90 Å². The number of aromatic nitrogens is 5. The number of likely N-dealkylation sites (tertiary alicyclic amines) is 1. The lowest BCUT2D eigenvalue weighted by Gasteiger charge is -2.34. The molecule has 2 atom stereocenters. The molecule has 4 aromatic rings. The molecular weight excluding hydrogens is 396 g/mol. The molecule has 1 fully saturated rings. The first-order valence-corrected chi connectivity index (χ1v) is 11.0. The Balaban J connectivity index is 1.37. The van der Waals surface area contributed by atoms with Gasteiger partial charge in [-0.2, -0.15) is 0 Å². The SMILES string of the molecule is O=C(C(Cc1ccccc1)n1cnnn1)N1CCCC(c2nc3ccccc3s2)C1. The van der Waals surface area contributed by atoms with E-state index in [0.29, 0.717) is 13.0 Å². The molecule has 0 N–H and O–H groups in total. The molecule has 0 radical (unpaired) electrons. The second-order valence-corrected chi connectivity index (χ2v) is 8.70. The zero-order valence-electron chi connectivity index (χ0n) is 16.5. The third-order valence-corrected chi connectivity index (χ3v) is 6.83. The van der Waals surface area contributed by atoms with Crippen molar-refractivity contribution in [3.8, 4) is 0 Å². The number of benzene rings is 2. The van der Waals surface area contributed by atoms with Gasteiger partial charge in [0.2, 0.25) is 5.91 Å². The van der Waals surface area contributed by atoms with Crippen molar-refractivity contribution in [2.45, 2.75) is 31.2 Å². The fraction of sp³-hybridized carbons (Fsp3) is 0.318. The van der Waals surface area contributed by atoms with E-state index in [2.05, 4.69) is 27.7 Å². The number of amides is 1. The number of thiazole rings is 1. The minimum atomic E-state index is -0.448. The number of carbonyl (C=O) groups excluding carboxylic acids is 1. The minimum absolute atomic E-state index is 0.0666. The van der Waals surface area contributed by atoms with E-state index in [0.717, 1.165) is 35.5 Å². The molecule has 0 saturated carbocycles. The van der Waals surface area contributed by atoms with Crippen LogP contribution in [0.5, 0.6) is 0 Å². The Bertz CT molecular complexity index is 1090. The van der Waals surface area contributed by atoms with Gasteiger partial charge in [-0.1, -0.05) is 42.5 Å². The average molecular weight is 419 g/mol. The van der Waals surface area contributed by atoms with Crippen molar-refractivity contribution in [2.24, 2.45) is 0 Å². The fourth-order valence-electron chi connectivity index (χ4n) is 4.10. The molecule has 1 aliphatic rings. The molecule has 0 spiro atoms. The van der Waals surface area contributed by atoms with Gasteiger partial charge >= 0.3 is 0 Å². The van der Waals surface area contributed by atoms with Gasteiger partial charge in [0.15, 0.2) is 0 Å². The Labute approximate surface area is 178 Å². The van der Waals surface area contributed by atoms with E-state index in [4.69, 9.17) is 4.98 Å². The van der Waals surface area contributed by atoms with Crippen molar-refractivity contribution in [2.75, 3.05) is 13.1 Å². The lowest BCUT2D eigenvalue weighted by atomic mass is 9.97. The molecule has 2 aromatic carbocycles. The van der Waals surface area contributed by atoms with Crippen LogP contribution in [0.2, 0.25) is 0 Å². The Morgan fingerprint density at radius 2 is 1.97 bits per heavy atom. The van der Waals surface area contributed by atoms with E-state index < -0.39 is 6.04 Å². The normalized spacial score (nSPS) is 17.9. The summed E-state index contributed by atoms with van der Waals surface area (Å²) in [6.07, 6.45) is 4.12. The van der Waals surface area contributed by atoms with Crippen LogP contribution in [0.15, 0.2) is 60.9 Å². The summed E-state index contributed by atoms with van der Waals surface area (Å²) in [6.45, 7) is 1.44. The quantitative estimate of drug-likeness (QED) is 0.496.